The zero-order valence-corrected chi connectivity index (χ0v) is 16.3. The molecule has 1 aromatic heterocycles. The smallest absolute Gasteiger partial charge is 0.287 e. The first kappa shape index (κ1) is 19.2. The maximum absolute atomic E-state index is 12.6. The van der Waals surface area contributed by atoms with Crippen molar-refractivity contribution in [2.24, 2.45) is 5.92 Å². The molecule has 6 nitrogen and oxygen atoms in total. The highest BCUT2D eigenvalue weighted by molar-refractivity contribution is 5.98. The van der Waals surface area contributed by atoms with Crippen LogP contribution in [0.2, 0.25) is 0 Å². The number of amides is 1. The highest BCUT2D eigenvalue weighted by Crippen LogP contribution is 2.24. The lowest BCUT2D eigenvalue weighted by Gasteiger charge is -2.28. The summed E-state index contributed by atoms with van der Waals surface area (Å²) in [5, 5.41) is 3.08. The maximum atomic E-state index is 12.6. The molecule has 0 radical (unpaired) electrons. The van der Waals surface area contributed by atoms with Gasteiger partial charge in [-0.05, 0) is 30.5 Å². The van der Waals surface area contributed by atoms with E-state index in [-0.39, 0.29) is 5.91 Å². The predicted octanol–water partition coefficient (Wildman–Crippen LogP) is 2.33. The number of rotatable bonds is 7. The number of benzene rings is 1. The number of nitrogens with one attached hydrogen (secondary N) is 1. The Morgan fingerprint density at radius 1 is 1.04 bits per heavy atom. The summed E-state index contributed by atoms with van der Waals surface area (Å²) >= 11 is 0. The van der Waals surface area contributed by atoms with Crippen LogP contribution in [0, 0.1) is 5.92 Å². The van der Waals surface area contributed by atoms with Gasteiger partial charge >= 0.3 is 0 Å². The molecule has 0 spiro atoms. The summed E-state index contributed by atoms with van der Waals surface area (Å²) in [6, 6.07) is 11.7. The number of carbonyl (C=O) groups excluding carboxylic acids is 1. The molecule has 1 unspecified atom stereocenters. The summed E-state index contributed by atoms with van der Waals surface area (Å²) in [6.45, 7) is 8.85. The minimum absolute atomic E-state index is 0.129. The van der Waals surface area contributed by atoms with E-state index in [0.29, 0.717) is 18.2 Å². The first-order valence-corrected chi connectivity index (χ1v) is 10.2. The van der Waals surface area contributed by atoms with Gasteiger partial charge in [0.05, 0.1) is 19.5 Å². The number of hydrogen-bond acceptors (Lipinski definition) is 5. The number of likely N-dealkylation sites (tertiary alicyclic amines) is 1. The van der Waals surface area contributed by atoms with Crippen LogP contribution in [0.4, 0.5) is 0 Å². The van der Waals surface area contributed by atoms with Crippen molar-refractivity contribution in [3.05, 3.63) is 48.4 Å². The van der Waals surface area contributed by atoms with Gasteiger partial charge in [-0.2, -0.15) is 0 Å². The molecule has 1 aromatic carbocycles. The lowest BCUT2D eigenvalue weighted by atomic mass is 10.1. The van der Waals surface area contributed by atoms with Gasteiger partial charge in [-0.15, -0.1) is 0 Å². The van der Waals surface area contributed by atoms with Crippen molar-refractivity contribution in [3.63, 3.8) is 0 Å². The summed E-state index contributed by atoms with van der Waals surface area (Å²) in [4.78, 5) is 17.6. The molecule has 150 valence electrons. The van der Waals surface area contributed by atoms with Crippen molar-refractivity contribution < 1.29 is 13.9 Å². The molecule has 0 saturated carbocycles. The van der Waals surface area contributed by atoms with E-state index >= 15 is 0 Å². The topological polar surface area (TPSA) is 58.0 Å². The van der Waals surface area contributed by atoms with Gasteiger partial charge in [-0.25, -0.2) is 0 Å². The van der Waals surface area contributed by atoms with E-state index in [4.69, 9.17) is 9.15 Å². The van der Waals surface area contributed by atoms with E-state index in [9.17, 15) is 4.79 Å². The highest BCUT2D eigenvalue weighted by Gasteiger charge is 2.24. The largest absolute Gasteiger partial charge is 0.459 e. The molecule has 1 amide bonds. The average molecular weight is 383 g/mol. The normalized spacial score (nSPS) is 21.1. The van der Waals surface area contributed by atoms with E-state index in [1.165, 1.54) is 0 Å². The van der Waals surface area contributed by atoms with Crippen LogP contribution < -0.4 is 5.32 Å². The van der Waals surface area contributed by atoms with Crippen LogP contribution in [-0.4, -0.2) is 74.7 Å². The second kappa shape index (κ2) is 9.37. The molecule has 0 aliphatic carbocycles. The molecular weight excluding hydrogens is 354 g/mol. The van der Waals surface area contributed by atoms with Crippen molar-refractivity contribution >= 4 is 5.91 Å². The Bertz CT molecular complexity index is 755. The van der Waals surface area contributed by atoms with Gasteiger partial charge in [0, 0.05) is 44.8 Å². The Kier molecular flexibility index (Phi) is 6.41. The van der Waals surface area contributed by atoms with Crippen molar-refractivity contribution in [2.75, 3.05) is 59.0 Å². The van der Waals surface area contributed by atoms with Crippen molar-refractivity contribution in [1.29, 1.82) is 0 Å². The Hall–Kier alpha value is -2.15. The quantitative estimate of drug-likeness (QED) is 0.795. The van der Waals surface area contributed by atoms with Gasteiger partial charge in [0.25, 0.3) is 5.91 Å². The molecule has 2 saturated heterocycles. The monoisotopic (exact) mass is 383 g/mol. The molecule has 4 rings (SSSR count). The molecule has 2 aliphatic rings. The third-order valence-corrected chi connectivity index (χ3v) is 5.71. The summed E-state index contributed by atoms with van der Waals surface area (Å²) in [7, 11) is 0. The van der Waals surface area contributed by atoms with Gasteiger partial charge in [0.1, 0.15) is 0 Å². The van der Waals surface area contributed by atoms with Crippen molar-refractivity contribution in [3.8, 4) is 11.1 Å². The Labute approximate surface area is 166 Å². The van der Waals surface area contributed by atoms with Gasteiger partial charge < -0.3 is 19.4 Å². The first-order valence-electron chi connectivity index (χ1n) is 10.2. The average Bonchev–Trinajstić information content (AvgIpc) is 3.42. The van der Waals surface area contributed by atoms with E-state index < -0.39 is 0 Å². The first-order chi connectivity index (χ1) is 13.8. The third kappa shape index (κ3) is 4.82. The molecule has 2 aromatic rings. The van der Waals surface area contributed by atoms with E-state index in [0.717, 1.165) is 70.0 Å². The van der Waals surface area contributed by atoms with Gasteiger partial charge in [0.2, 0.25) is 0 Å². The minimum Gasteiger partial charge on any atom is -0.459 e. The predicted molar refractivity (Wildman–Crippen MR) is 108 cm³/mol. The van der Waals surface area contributed by atoms with Crippen LogP contribution in [-0.2, 0) is 4.74 Å². The lowest BCUT2D eigenvalue weighted by Crippen LogP contribution is -2.41. The minimum atomic E-state index is -0.129. The van der Waals surface area contributed by atoms with Crippen LogP contribution in [0.3, 0.4) is 0 Å². The van der Waals surface area contributed by atoms with E-state index in [1.54, 1.807) is 6.26 Å². The number of furan rings is 1. The molecule has 2 fully saturated rings. The Morgan fingerprint density at radius 2 is 1.82 bits per heavy atom. The molecule has 0 bridgehead atoms. The standard InChI is InChI=1S/C22H29N3O3/c26-22(21-20(7-13-28-21)19-4-2-1-3-5-19)23-16-18-6-8-25(17-18)10-9-24-11-14-27-15-12-24/h1-5,7,13,18H,6,8-12,14-17H2,(H,23,26). The fraction of sp³-hybridized carbons (Fsp3) is 0.500. The maximum Gasteiger partial charge on any atom is 0.287 e. The second-order valence-electron chi connectivity index (χ2n) is 7.65. The SMILES string of the molecule is O=C(NCC1CCN(CCN2CCOCC2)C1)c1occc1-c1ccccc1. The highest BCUT2D eigenvalue weighted by atomic mass is 16.5. The van der Waals surface area contributed by atoms with E-state index in [2.05, 4.69) is 15.1 Å². The van der Waals surface area contributed by atoms with Gasteiger partial charge in [0.15, 0.2) is 5.76 Å². The van der Waals surface area contributed by atoms with Crippen LogP contribution in [0.1, 0.15) is 17.0 Å². The number of morpholine rings is 1. The molecule has 2 aliphatic heterocycles. The van der Waals surface area contributed by atoms with Gasteiger partial charge in [-0.3, -0.25) is 9.69 Å². The lowest BCUT2D eigenvalue weighted by molar-refractivity contribution is 0.0342. The van der Waals surface area contributed by atoms with Gasteiger partial charge in [-0.1, -0.05) is 30.3 Å². The summed E-state index contributed by atoms with van der Waals surface area (Å²) < 4.78 is 10.9. The zero-order chi connectivity index (χ0) is 19.2. The molecule has 3 heterocycles. The van der Waals surface area contributed by atoms with Crippen LogP contribution >= 0.6 is 0 Å². The summed E-state index contributed by atoms with van der Waals surface area (Å²) in [5.74, 6) is 0.771. The Morgan fingerprint density at radius 3 is 2.64 bits per heavy atom. The molecule has 1 atom stereocenters. The van der Waals surface area contributed by atoms with E-state index in [1.807, 2.05) is 36.4 Å². The Balaban J connectivity index is 1.23. The third-order valence-electron chi connectivity index (χ3n) is 5.71. The number of ether oxygens (including phenoxy) is 1. The molecule has 28 heavy (non-hydrogen) atoms. The van der Waals surface area contributed by atoms with Crippen LogP contribution in [0.25, 0.3) is 11.1 Å². The summed E-state index contributed by atoms with van der Waals surface area (Å²) in [6.07, 6.45) is 2.72. The number of carbonyl (C=O) groups is 1. The molecular formula is C22H29N3O3. The number of nitrogens with zero attached hydrogens (tertiary/aromatic N) is 2. The van der Waals surface area contributed by atoms with Crippen LogP contribution in [0.15, 0.2) is 47.1 Å². The van der Waals surface area contributed by atoms with Crippen molar-refractivity contribution in [2.45, 2.75) is 6.42 Å². The van der Waals surface area contributed by atoms with Crippen molar-refractivity contribution in [1.82, 2.24) is 15.1 Å². The van der Waals surface area contributed by atoms with Crippen LogP contribution in [0.5, 0.6) is 0 Å². The summed E-state index contributed by atoms with van der Waals surface area (Å²) in [5.41, 5.74) is 1.84. The zero-order valence-electron chi connectivity index (χ0n) is 16.3. The number of hydrogen-bond donors (Lipinski definition) is 1. The second-order valence-corrected chi connectivity index (χ2v) is 7.65. The fourth-order valence-electron chi connectivity index (χ4n) is 4.04. The molecule has 6 heteroatoms. The fourth-order valence-corrected chi connectivity index (χ4v) is 4.04. The molecule has 1 N–H and O–H groups in total.